The van der Waals surface area contributed by atoms with Gasteiger partial charge in [-0.25, -0.2) is 9.78 Å². The van der Waals surface area contributed by atoms with Crippen LogP contribution in [0.4, 0.5) is 0 Å². The predicted octanol–water partition coefficient (Wildman–Crippen LogP) is 3.52. The largest absolute Gasteiger partial charge is 0.452 e. The van der Waals surface area contributed by atoms with Crippen LogP contribution >= 0.6 is 11.6 Å². The highest BCUT2D eigenvalue weighted by atomic mass is 35.5. The lowest BCUT2D eigenvalue weighted by atomic mass is 9.97. The smallest absolute Gasteiger partial charge is 0.342 e. The summed E-state index contributed by atoms with van der Waals surface area (Å²) in [6.07, 6.45) is 7.83. The molecule has 0 spiro atoms. The Labute approximate surface area is 147 Å². The number of hydrogen-bond donors (Lipinski definition) is 1. The number of amides is 1. The van der Waals surface area contributed by atoms with E-state index in [1.807, 2.05) is 0 Å². The molecule has 1 aromatic heterocycles. The van der Waals surface area contributed by atoms with E-state index in [4.69, 9.17) is 16.3 Å². The molecule has 130 valence electrons. The number of aromatic nitrogens is 1. The van der Waals surface area contributed by atoms with Crippen LogP contribution in [0.3, 0.4) is 0 Å². The van der Waals surface area contributed by atoms with Gasteiger partial charge in [0.2, 0.25) is 0 Å². The van der Waals surface area contributed by atoms with Crippen molar-refractivity contribution in [3.63, 3.8) is 0 Å². The van der Waals surface area contributed by atoms with E-state index in [-0.39, 0.29) is 23.2 Å². The summed E-state index contributed by atoms with van der Waals surface area (Å²) >= 11 is 6.00. The van der Waals surface area contributed by atoms with E-state index in [2.05, 4.69) is 16.4 Å². The molecule has 1 amide bonds. The number of esters is 1. The van der Waals surface area contributed by atoms with Crippen molar-refractivity contribution in [2.75, 3.05) is 13.2 Å². The molecule has 5 nitrogen and oxygen atoms in total. The Morgan fingerprint density at radius 1 is 1.33 bits per heavy atom. The van der Waals surface area contributed by atoms with Crippen molar-refractivity contribution in [2.45, 2.75) is 46.0 Å². The minimum atomic E-state index is -0.630. The first-order chi connectivity index (χ1) is 11.5. The van der Waals surface area contributed by atoms with E-state index in [0.29, 0.717) is 12.1 Å². The van der Waals surface area contributed by atoms with Gasteiger partial charge in [-0.3, -0.25) is 4.79 Å². The molecule has 0 aliphatic heterocycles. The molecule has 2 rings (SSSR count). The number of carbonyl (C=O) groups is 2. The van der Waals surface area contributed by atoms with Crippen molar-refractivity contribution in [1.82, 2.24) is 10.3 Å². The fraction of sp³-hybridized carbons (Fsp3) is 0.500. The SMILES string of the molecule is Cc1cc(C)c(C(=O)OCC(=O)NCCC2=CCCCC2)c(Cl)n1. The van der Waals surface area contributed by atoms with Crippen LogP contribution in [0, 0.1) is 13.8 Å². The van der Waals surface area contributed by atoms with Gasteiger partial charge in [-0.15, -0.1) is 0 Å². The minimum absolute atomic E-state index is 0.0992. The highest BCUT2D eigenvalue weighted by Crippen LogP contribution is 2.20. The van der Waals surface area contributed by atoms with Crippen molar-refractivity contribution in [1.29, 1.82) is 0 Å². The second-order valence-electron chi connectivity index (χ2n) is 6.03. The number of nitrogens with zero attached hydrogens (tertiary/aromatic N) is 1. The summed E-state index contributed by atoms with van der Waals surface area (Å²) in [5.74, 6) is -0.941. The van der Waals surface area contributed by atoms with Crippen molar-refractivity contribution in [3.8, 4) is 0 Å². The Hall–Kier alpha value is -1.88. The summed E-state index contributed by atoms with van der Waals surface area (Å²) in [5.41, 5.74) is 3.01. The fourth-order valence-electron chi connectivity index (χ4n) is 2.78. The normalized spacial score (nSPS) is 14.0. The molecule has 0 fully saturated rings. The van der Waals surface area contributed by atoms with Crippen LogP contribution in [0.2, 0.25) is 5.15 Å². The van der Waals surface area contributed by atoms with Crippen molar-refractivity contribution < 1.29 is 14.3 Å². The van der Waals surface area contributed by atoms with Gasteiger partial charge in [-0.05, 0) is 57.6 Å². The molecular formula is C18H23ClN2O3. The molecule has 0 atom stereocenters. The number of aryl methyl sites for hydroxylation is 2. The molecule has 1 aromatic rings. The Bertz CT molecular complexity index is 633. The maximum absolute atomic E-state index is 12.1. The minimum Gasteiger partial charge on any atom is -0.452 e. The van der Waals surface area contributed by atoms with E-state index in [0.717, 1.165) is 25.0 Å². The molecule has 0 saturated carbocycles. The third-order valence-corrected chi connectivity index (χ3v) is 4.27. The Morgan fingerprint density at radius 3 is 2.79 bits per heavy atom. The van der Waals surface area contributed by atoms with E-state index in [1.54, 1.807) is 19.9 Å². The first-order valence-corrected chi connectivity index (χ1v) is 8.60. The van der Waals surface area contributed by atoms with Gasteiger partial charge in [0.15, 0.2) is 6.61 Å². The van der Waals surface area contributed by atoms with E-state index >= 15 is 0 Å². The number of pyridine rings is 1. The second kappa shape index (κ2) is 8.83. The molecule has 6 heteroatoms. The van der Waals surface area contributed by atoms with Gasteiger partial charge in [-0.2, -0.15) is 0 Å². The molecule has 0 bridgehead atoms. The van der Waals surface area contributed by atoms with Gasteiger partial charge < -0.3 is 10.1 Å². The summed E-state index contributed by atoms with van der Waals surface area (Å²) in [4.78, 5) is 27.9. The summed E-state index contributed by atoms with van der Waals surface area (Å²) in [7, 11) is 0. The standard InChI is InChI=1S/C18H23ClN2O3/c1-12-10-13(2)21-17(19)16(12)18(23)24-11-15(22)20-9-8-14-6-4-3-5-7-14/h6,10H,3-5,7-9,11H2,1-2H3,(H,20,22). The Balaban J connectivity index is 1.77. The van der Waals surface area contributed by atoms with Crippen LogP contribution in [0.1, 0.15) is 53.7 Å². The van der Waals surface area contributed by atoms with Crippen LogP contribution in [0.15, 0.2) is 17.7 Å². The quantitative estimate of drug-likeness (QED) is 0.484. The zero-order chi connectivity index (χ0) is 17.5. The van der Waals surface area contributed by atoms with Crippen LogP contribution in [-0.2, 0) is 9.53 Å². The molecule has 0 aromatic carbocycles. The molecule has 0 radical (unpaired) electrons. The first-order valence-electron chi connectivity index (χ1n) is 8.23. The van der Waals surface area contributed by atoms with Crippen LogP contribution in [-0.4, -0.2) is 30.0 Å². The van der Waals surface area contributed by atoms with Gasteiger partial charge in [0.25, 0.3) is 5.91 Å². The molecule has 1 aliphatic rings. The number of ether oxygens (including phenoxy) is 1. The second-order valence-corrected chi connectivity index (χ2v) is 6.39. The maximum Gasteiger partial charge on any atom is 0.342 e. The fourth-order valence-corrected chi connectivity index (χ4v) is 3.14. The lowest BCUT2D eigenvalue weighted by molar-refractivity contribution is -0.124. The van der Waals surface area contributed by atoms with E-state index in [1.165, 1.54) is 18.4 Å². The summed E-state index contributed by atoms with van der Waals surface area (Å²) in [6.45, 7) is 3.80. The molecule has 0 unspecified atom stereocenters. The zero-order valence-electron chi connectivity index (χ0n) is 14.2. The topological polar surface area (TPSA) is 68.3 Å². The number of allylic oxidation sites excluding steroid dienone is 1. The maximum atomic E-state index is 12.1. The number of halogens is 1. The number of hydrogen-bond acceptors (Lipinski definition) is 4. The highest BCUT2D eigenvalue weighted by Gasteiger charge is 2.18. The third kappa shape index (κ3) is 5.34. The molecule has 0 saturated heterocycles. The first kappa shape index (κ1) is 18.5. The van der Waals surface area contributed by atoms with Crippen molar-refractivity contribution in [3.05, 3.63) is 39.7 Å². The molecule has 24 heavy (non-hydrogen) atoms. The van der Waals surface area contributed by atoms with E-state index in [9.17, 15) is 9.59 Å². The van der Waals surface area contributed by atoms with Gasteiger partial charge in [0.05, 0.1) is 5.56 Å². The summed E-state index contributed by atoms with van der Waals surface area (Å²) < 4.78 is 5.04. The number of nitrogens with one attached hydrogen (secondary N) is 1. The van der Waals surface area contributed by atoms with Crippen LogP contribution in [0.25, 0.3) is 0 Å². The molecule has 1 N–H and O–H groups in total. The monoisotopic (exact) mass is 350 g/mol. The highest BCUT2D eigenvalue weighted by molar-refractivity contribution is 6.32. The Morgan fingerprint density at radius 2 is 2.12 bits per heavy atom. The lowest BCUT2D eigenvalue weighted by Gasteiger charge is -2.13. The molecule has 1 aliphatic carbocycles. The summed E-state index contributed by atoms with van der Waals surface area (Å²) in [5, 5.41) is 2.87. The van der Waals surface area contributed by atoms with Crippen LogP contribution in [0.5, 0.6) is 0 Å². The lowest BCUT2D eigenvalue weighted by Crippen LogP contribution is -2.30. The molecular weight excluding hydrogens is 328 g/mol. The summed E-state index contributed by atoms with van der Waals surface area (Å²) in [6, 6.07) is 1.75. The molecule has 1 heterocycles. The Kier molecular flexibility index (Phi) is 6.79. The van der Waals surface area contributed by atoms with Crippen molar-refractivity contribution in [2.24, 2.45) is 0 Å². The predicted molar refractivity (Wildman–Crippen MR) is 93.2 cm³/mol. The van der Waals surface area contributed by atoms with Gasteiger partial charge in [0.1, 0.15) is 5.15 Å². The van der Waals surface area contributed by atoms with Crippen molar-refractivity contribution >= 4 is 23.5 Å². The van der Waals surface area contributed by atoms with Crippen LogP contribution < -0.4 is 5.32 Å². The average molecular weight is 351 g/mol. The van der Waals surface area contributed by atoms with Gasteiger partial charge in [0, 0.05) is 12.2 Å². The van der Waals surface area contributed by atoms with E-state index < -0.39 is 5.97 Å². The average Bonchev–Trinajstić information content (AvgIpc) is 2.53. The number of carbonyl (C=O) groups excluding carboxylic acids is 2. The van der Waals surface area contributed by atoms with Gasteiger partial charge >= 0.3 is 5.97 Å². The zero-order valence-corrected chi connectivity index (χ0v) is 14.9. The number of rotatable bonds is 6. The third-order valence-electron chi connectivity index (χ3n) is 3.99. The van der Waals surface area contributed by atoms with Gasteiger partial charge in [-0.1, -0.05) is 23.3 Å².